The lowest BCUT2D eigenvalue weighted by Gasteiger charge is -2.47. The van der Waals surface area contributed by atoms with Crippen molar-refractivity contribution < 1.29 is 19.4 Å². The standard InChI is InChI=1S/C21H30N2O4S/c1-6-7-11-21(13-9-17(24)25)12-8-10-20(2,3)18(21)28-19-22-15(26-4)14-16(23-19)27-5/h8-9,12-14,18H,6-7,10-11H2,1-5H3,(H,24,25). The molecule has 0 aromatic carbocycles. The molecule has 0 bridgehead atoms. The number of aliphatic carboxylic acids is 1. The van der Waals surface area contributed by atoms with Crippen molar-refractivity contribution in [1.82, 2.24) is 9.97 Å². The molecule has 28 heavy (non-hydrogen) atoms. The van der Waals surface area contributed by atoms with Crippen molar-refractivity contribution in [3.8, 4) is 11.8 Å². The number of methoxy groups -OCH3 is 2. The molecule has 0 aliphatic heterocycles. The lowest BCUT2D eigenvalue weighted by molar-refractivity contribution is -0.131. The van der Waals surface area contributed by atoms with Crippen molar-refractivity contribution in [2.45, 2.75) is 56.9 Å². The van der Waals surface area contributed by atoms with Crippen LogP contribution in [-0.4, -0.2) is 40.5 Å². The van der Waals surface area contributed by atoms with Gasteiger partial charge in [0, 0.05) is 16.7 Å². The third-order valence-electron chi connectivity index (χ3n) is 5.07. The number of carboxylic acid groups (broad SMARTS) is 1. The zero-order chi connectivity index (χ0) is 20.8. The summed E-state index contributed by atoms with van der Waals surface area (Å²) >= 11 is 1.56. The molecule has 1 aromatic heterocycles. The Morgan fingerprint density at radius 3 is 2.50 bits per heavy atom. The minimum atomic E-state index is -0.935. The van der Waals surface area contributed by atoms with Gasteiger partial charge in [-0.15, -0.1) is 0 Å². The number of allylic oxidation sites excluding steroid dienone is 3. The first-order valence-electron chi connectivity index (χ1n) is 9.50. The molecule has 2 unspecified atom stereocenters. The van der Waals surface area contributed by atoms with Gasteiger partial charge in [-0.1, -0.05) is 63.6 Å². The van der Waals surface area contributed by atoms with E-state index in [0.29, 0.717) is 16.9 Å². The monoisotopic (exact) mass is 406 g/mol. The molecule has 2 rings (SSSR count). The smallest absolute Gasteiger partial charge is 0.328 e. The Bertz CT molecular complexity index is 726. The molecule has 0 amide bonds. The number of unbranched alkanes of at least 4 members (excludes halogenated alkanes) is 1. The average molecular weight is 407 g/mol. The number of nitrogens with zero attached hydrogens (tertiary/aromatic N) is 2. The molecule has 0 saturated heterocycles. The Hall–Kier alpha value is -2.02. The van der Waals surface area contributed by atoms with E-state index in [9.17, 15) is 9.90 Å². The molecule has 7 heteroatoms. The number of rotatable bonds is 9. The normalized spacial score (nSPS) is 23.7. The molecule has 154 valence electrons. The molecule has 0 saturated carbocycles. The highest BCUT2D eigenvalue weighted by Crippen LogP contribution is 2.54. The fraction of sp³-hybridized carbons (Fsp3) is 0.571. The molecule has 6 nitrogen and oxygen atoms in total. The van der Waals surface area contributed by atoms with Gasteiger partial charge in [-0.3, -0.25) is 0 Å². The SMILES string of the molecule is CCCCC1(C=CC(=O)O)C=CCC(C)(C)C1Sc1nc(OC)cc(OC)n1. The molecule has 1 aliphatic rings. The summed E-state index contributed by atoms with van der Waals surface area (Å²) in [6.07, 6.45) is 11.3. The van der Waals surface area contributed by atoms with Gasteiger partial charge in [0.2, 0.25) is 11.8 Å². The summed E-state index contributed by atoms with van der Waals surface area (Å²) in [5.74, 6) is -0.0480. The van der Waals surface area contributed by atoms with Crippen LogP contribution in [0.1, 0.15) is 46.5 Å². The van der Waals surface area contributed by atoms with Crippen LogP contribution in [-0.2, 0) is 4.79 Å². The van der Waals surface area contributed by atoms with Gasteiger partial charge >= 0.3 is 5.97 Å². The van der Waals surface area contributed by atoms with Crippen LogP contribution in [0.4, 0.5) is 0 Å². The van der Waals surface area contributed by atoms with Gasteiger partial charge in [-0.05, 0) is 18.3 Å². The highest BCUT2D eigenvalue weighted by atomic mass is 32.2. The zero-order valence-corrected chi connectivity index (χ0v) is 18.1. The van der Waals surface area contributed by atoms with Gasteiger partial charge < -0.3 is 14.6 Å². The molecule has 2 atom stereocenters. The maximum Gasteiger partial charge on any atom is 0.328 e. The van der Waals surface area contributed by atoms with E-state index in [2.05, 4.69) is 42.9 Å². The third-order valence-corrected chi connectivity index (χ3v) is 6.78. The topological polar surface area (TPSA) is 81.5 Å². The first kappa shape index (κ1) is 22.3. The third kappa shape index (κ3) is 5.28. The molecular weight excluding hydrogens is 376 g/mol. The van der Waals surface area contributed by atoms with Crippen molar-refractivity contribution in [1.29, 1.82) is 0 Å². The first-order chi connectivity index (χ1) is 13.3. The molecule has 1 heterocycles. The maximum absolute atomic E-state index is 11.3. The Kier molecular flexibility index (Phi) is 7.52. The predicted octanol–water partition coefficient (Wildman–Crippen LogP) is 4.76. The van der Waals surface area contributed by atoms with Crippen LogP contribution < -0.4 is 9.47 Å². The van der Waals surface area contributed by atoms with Crippen LogP contribution in [0.25, 0.3) is 0 Å². The largest absolute Gasteiger partial charge is 0.481 e. The lowest BCUT2D eigenvalue weighted by atomic mass is 9.64. The summed E-state index contributed by atoms with van der Waals surface area (Å²) in [5, 5.41) is 9.87. The van der Waals surface area contributed by atoms with Gasteiger partial charge in [0.15, 0.2) is 5.16 Å². The minimum absolute atomic E-state index is 0.0592. The number of hydrogen-bond donors (Lipinski definition) is 1. The van der Waals surface area contributed by atoms with E-state index in [-0.39, 0.29) is 16.1 Å². The Balaban J connectivity index is 2.50. The summed E-state index contributed by atoms with van der Waals surface area (Å²) in [6, 6.07) is 1.64. The van der Waals surface area contributed by atoms with E-state index in [1.54, 1.807) is 32.0 Å². The average Bonchev–Trinajstić information content (AvgIpc) is 2.66. The van der Waals surface area contributed by atoms with Crippen LogP contribution in [0.15, 0.2) is 35.5 Å². The maximum atomic E-state index is 11.3. The molecule has 1 aromatic rings. The number of hydrogen-bond acceptors (Lipinski definition) is 6. The van der Waals surface area contributed by atoms with Crippen molar-refractivity contribution in [3.63, 3.8) is 0 Å². The second-order valence-electron chi connectivity index (χ2n) is 7.72. The molecule has 0 spiro atoms. The zero-order valence-electron chi connectivity index (χ0n) is 17.3. The van der Waals surface area contributed by atoms with Gasteiger partial charge in [0.1, 0.15) is 0 Å². The Labute approximate surface area is 171 Å². The number of aromatic nitrogens is 2. The quantitative estimate of drug-likeness (QED) is 0.360. The molecule has 1 N–H and O–H groups in total. The second-order valence-corrected chi connectivity index (χ2v) is 8.79. The van der Waals surface area contributed by atoms with Gasteiger partial charge in [-0.25, -0.2) is 4.79 Å². The van der Waals surface area contributed by atoms with E-state index in [4.69, 9.17) is 9.47 Å². The van der Waals surface area contributed by atoms with Crippen molar-refractivity contribution >= 4 is 17.7 Å². The fourth-order valence-corrected chi connectivity index (χ4v) is 5.08. The number of ether oxygens (including phenoxy) is 2. The minimum Gasteiger partial charge on any atom is -0.481 e. The molecular formula is C21H30N2O4S. The summed E-state index contributed by atoms with van der Waals surface area (Å²) < 4.78 is 10.6. The molecule has 0 radical (unpaired) electrons. The Morgan fingerprint density at radius 1 is 1.32 bits per heavy atom. The summed E-state index contributed by atoms with van der Waals surface area (Å²) in [5.41, 5.74) is -0.462. The van der Waals surface area contributed by atoms with E-state index < -0.39 is 5.97 Å². The van der Waals surface area contributed by atoms with E-state index >= 15 is 0 Å². The van der Waals surface area contributed by atoms with Crippen molar-refractivity contribution in [3.05, 3.63) is 30.4 Å². The number of carboxylic acids is 1. The van der Waals surface area contributed by atoms with Gasteiger partial charge in [0.05, 0.1) is 20.3 Å². The van der Waals surface area contributed by atoms with Crippen LogP contribution in [0.5, 0.6) is 11.8 Å². The van der Waals surface area contributed by atoms with Gasteiger partial charge in [0.25, 0.3) is 0 Å². The summed E-state index contributed by atoms with van der Waals surface area (Å²) in [6.45, 7) is 6.56. The van der Waals surface area contributed by atoms with E-state index in [1.807, 2.05) is 6.08 Å². The Morgan fingerprint density at radius 2 is 1.96 bits per heavy atom. The number of thioether (sulfide) groups is 1. The first-order valence-corrected chi connectivity index (χ1v) is 10.4. The summed E-state index contributed by atoms with van der Waals surface area (Å²) in [7, 11) is 3.12. The fourth-order valence-electron chi connectivity index (χ4n) is 3.67. The number of carbonyl (C=O) groups is 1. The van der Waals surface area contributed by atoms with Crippen LogP contribution in [0, 0.1) is 10.8 Å². The highest BCUT2D eigenvalue weighted by Gasteiger charge is 2.46. The van der Waals surface area contributed by atoms with Crippen molar-refractivity contribution in [2.75, 3.05) is 14.2 Å². The van der Waals surface area contributed by atoms with Crippen molar-refractivity contribution in [2.24, 2.45) is 10.8 Å². The highest BCUT2D eigenvalue weighted by molar-refractivity contribution is 7.99. The second kappa shape index (κ2) is 9.45. The van der Waals surface area contributed by atoms with Crippen LogP contribution in [0.3, 0.4) is 0 Å². The van der Waals surface area contributed by atoms with E-state index in [0.717, 1.165) is 25.7 Å². The molecule has 0 fully saturated rings. The molecule has 1 aliphatic carbocycles. The van der Waals surface area contributed by atoms with Crippen LogP contribution >= 0.6 is 11.8 Å². The lowest BCUT2D eigenvalue weighted by Crippen LogP contribution is -2.43. The van der Waals surface area contributed by atoms with Crippen LogP contribution in [0.2, 0.25) is 0 Å². The predicted molar refractivity (Wildman–Crippen MR) is 111 cm³/mol. The van der Waals surface area contributed by atoms with Gasteiger partial charge in [-0.2, -0.15) is 9.97 Å². The summed E-state index contributed by atoms with van der Waals surface area (Å²) in [4.78, 5) is 20.2. The van der Waals surface area contributed by atoms with E-state index in [1.165, 1.54) is 6.08 Å².